The third kappa shape index (κ3) is 3.99. The number of rotatable bonds is 4. The third-order valence-corrected chi connectivity index (χ3v) is 1.86. The predicted octanol–water partition coefficient (Wildman–Crippen LogP) is 2.11. The maximum Gasteiger partial charge on any atom is 0.205 e. The van der Waals surface area contributed by atoms with Crippen molar-refractivity contribution in [3.8, 4) is 0 Å². The molecule has 1 aromatic rings. The summed E-state index contributed by atoms with van der Waals surface area (Å²) >= 11 is 2.73. The predicted molar refractivity (Wildman–Crippen MR) is 53.7 cm³/mol. The molecule has 3 heteroatoms. The summed E-state index contributed by atoms with van der Waals surface area (Å²) in [6.07, 6.45) is 0.299. The van der Waals surface area contributed by atoms with E-state index in [2.05, 4.69) is 15.9 Å². The number of carbonyl (C=O) groups excluding carboxylic acids is 2. The maximum absolute atomic E-state index is 11.2. The molecule has 0 aromatic heterocycles. The largest absolute Gasteiger partial charge is 0.299 e. The second-order valence-electron chi connectivity index (χ2n) is 2.73. The average molecular weight is 241 g/mol. The molecule has 0 aliphatic rings. The Bertz CT molecular complexity index is 306. The van der Waals surface area contributed by atoms with Crippen molar-refractivity contribution in [2.24, 2.45) is 0 Å². The van der Waals surface area contributed by atoms with Gasteiger partial charge in [0, 0.05) is 6.42 Å². The van der Waals surface area contributed by atoms with Gasteiger partial charge in [-0.2, -0.15) is 0 Å². The minimum absolute atomic E-state index is 0.0328. The fourth-order valence-corrected chi connectivity index (χ4v) is 1.35. The highest BCUT2D eigenvalue weighted by Gasteiger charge is 2.06. The van der Waals surface area contributed by atoms with E-state index in [4.69, 9.17) is 0 Å². The van der Waals surface area contributed by atoms with Crippen LogP contribution in [0.3, 0.4) is 0 Å². The van der Waals surface area contributed by atoms with Crippen molar-refractivity contribution in [1.29, 1.82) is 0 Å². The van der Waals surface area contributed by atoms with E-state index in [1.54, 1.807) is 0 Å². The van der Waals surface area contributed by atoms with Crippen molar-refractivity contribution < 1.29 is 9.59 Å². The summed E-state index contributed by atoms with van der Waals surface area (Å²) in [5.41, 5.74) is 0.946. The first kappa shape index (κ1) is 10.1. The standard InChI is InChI=1S/C10H9BrO2/c11-10(13)7-9(12)6-8-4-2-1-3-5-8/h1-5H,6-7H2. The molecule has 0 saturated carbocycles. The van der Waals surface area contributed by atoms with Gasteiger partial charge in [0.15, 0.2) is 0 Å². The first-order valence-corrected chi connectivity index (χ1v) is 4.72. The molecular weight excluding hydrogens is 232 g/mol. The molecule has 0 amide bonds. The first-order chi connectivity index (χ1) is 6.18. The van der Waals surface area contributed by atoms with E-state index < -0.39 is 0 Å². The molecule has 0 radical (unpaired) electrons. The Morgan fingerprint density at radius 2 is 1.77 bits per heavy atom. The number of hydrogen-bond donors (Lipinski definition) is 0. The van der Waals surface area contributed by atoms with Gasteiger partial charge in [-0.1, -0.05) is 30.3 Å². The molecular formula is C10H9BrO2. The smallest absolute Gasteiger partial charge is 0.205 e. The van der Waals surface area contributed by atoms with Crippen molar-refractivity contribution >= 4 is 26.4 Å². The fourth-order valence-electron chi connectivity index (χ4n) is 1.04. The zero-order valence-electron chi connectivity index (χ0n) is 7.00. The lowest BCUT2D eigenvalue weighted by atomic mass is 10.1. The van der Waals surface area contributed by atoms with Crippen molar-refractivity contribution in [3.05, 3.63) is 35.9 Å². The zero-order valence-corrected chi connectivity index (χ0v) is 8.58. The fraction of sp³-hybridized carbons (Fsp3) is 0.200. The quantitative estimate of drug-likeness (QED) is 0.597. The van der Waals surface area contributed by atoms with Gasteiger partial charge in [-0.25, -0.2) is 0 Å². The van der Waals surface area contributed by atoms with Crippen molar-refractivity contribution in [3.63, 3.8) is 0 Å². The topological polar surface area (TPSA) is 34.1 Å². The van der Waals surface area contributed by atoms with Crippen molar-refractivity contribution in [2.75, 3.05) is 0 Å². The van der Waals surface area contributed by atoms with Gasteiger partial charge < -0.3 is 0 Å². The Hall–Kier alpha value is -0.960. The Kier molecular flexibility index (Phi) is 3.83. The van der Waals surface area contributed by atoms with Crippen LogP contribution >= 0.6 is 15.9 Å². The van der Waals surface area contributed by atoms with Gasteiger partial charge in [0.05, 0.1) is 6.42 Å². The van der Waals surface area contributed by atoms with Crippen LogP contribution in [0.15, 0.2) is 30.3 Å². The molecule has 0 heterocycles. The Balaban J connectivity index is 2.50. The first-order valence-electron chi connectivity index (χ1n) is 3.92. The van der Waals surface area contributed by atoms with Gasteiger partial charge in [0.2, 0.25) is 4.69 Å². The summed E-state index contributed by atoms with van der Waals surface area (Å²) in [5, 5.41) is 0. The lowest BCUT2D eigenvalue weighted by Gasteiger charge is -1.97. The van der Waals surface area contributed by atoms with Gasteiger partial charge in [0.1, 0.15) is 5.78 Å². The van der Waals surface area contributed by atoms with Crippen LogP contribution in [0.25, 0.3) is 0 Å². The second kappa shape index (κ2) is 4.92. The Morgan fingerprint density at radius 1 is 1.15 bits per heavy atom. The maximum atomic E-state index is 11.2. The molecule has 0 bridgehead atoms. The van der Waals surface area contributed by atoms with Crippen LogP contribution in [-0.4, -0.2) is 10.5 Å². The van der Waals surface area contributed by atoms with E-state index >= 15 is 0 Å². The highest BCUT2D eigenvalue weighted by molar-refractivity contribution is 9.18. The van der Waals surface area contributed by atoms with Crippen LogP contribution in [0, 0.1) is 0 Å². The molecule has 2 nitrogen and oxygen atoms in total. The molecule has 0 fully saturated rings. The molecule has 68 valence electrons. The van der Waals surface area contributed by atoms with Crippen LogP contribution in [0.2, 0.25) is 0 Å². The number of halogens is 1. The number of carbonyl (C=O) groups is 2. The molecule has 0 aliphatic carbocycles. The van der Waals surface area contributed by atoms with E-state index in [1.165, 1.54) is 0 Å². The molecule has 0 unspecified atom stereocenters. The SMILES string of the molecule is O=C(Br)CC(=O)Cc1ccccc1. The van der Waals surface area contributed by atoms with Crippen LogP contribution in [0.5, 0.6) is 0 Å². The minimum atomic E-state index is -0.256. The third-order valence-electron chi connectivity index (χ3n) is 1.58. The van der Waals surface area contributed by atoms with Gasteiger partial charge in [-0.05, 0) is 21.5 Å². The normalized spacial score (nSPS) is 9.62. The van der Waals surface area contributed by atoms with Crippen molar-refractivity contribution in [2.45, 2.75) is 12.8 Å². The van der Waals surface area contributed by atoms with E-state index in [1.807, 2.05) is 30.3 Å². The van der Waals surface area contributed by atoms with Gasteiger partial charge in [0.25, 0.3) is 0 Å². The summed E-state index contributed by atoms with van der Waals surface area (Å²) in [4.78, 5) is 21.7. The van der Waals surface area contributed by atoms with Crippen LogP contribution in [0.4, 0.5) is 0 Å². The molecule has 1 rings (SSSR count). The summed E-state index contributed by atoms with van der Waals surface area (Å²) in [7, 11) is 0. The Morgan fingerprint density at radius 3 is 2.31 bits per heavy atom. The van der Waals surface area contributed by atoms with Crippen LogP contribution < -0.4 is 0 Å². The lowest BCUT2D eigenvalue weighted by Crippen LogP contribution is -2.05. The van der Waals surface area contributed by atoms with Crippen LogP contribution in [-0.2, 0) is 16.0 Å². The molecule has 0 saturated heterocycles. The summed E-state index contributed by atoms with van der Waals surface area (Å²) < 4.78 is -0.256. The van der Waals surface area contributed by atoms with E-state index in [0.717, 1.165) is 5.56 Å². The number of Topliss-reactive ketones (excluding diaryl/α,β-unsaturated/α-hetero) is 1. The van der Waals surface area contributed by atoms with Crippen molar-refractivity contribution in [1.82, 2.24) is 0 Å². The van der Waals surface area contributed by atoms with Gasteiger partial charge in [-0.3, -0.25) is 9.59 Å². The Labute approximate surface area is 85.1 Å². The highest BCUT2D eigenvalue weighted by Crippen LogP contribution is 2.03. The summed E-state index contributed by atoms with van der Waals surface area (Å²) in [5.74, 6) is -0.0620. The van der Waals surface area contributed by atoms with E-state index in [0.29, 0.717) is 6.42 Å². The van der Waals surface area contributed by atoms with Gasteiger partial charge >= 0.3 is 0 Å². The second-order valence-corrected chi connectivity index (χ2v) is 3.62. The van der Waals surface area contributed by atoms with Crippen LogP contribution in [0.1, 0.15) is 12.0 Å². The molecule has 0 N–H and O–H groups in total. The summed E-state index contributed by atoms with van der Waals surface area (Å²) in [6.45, 7) is 0. The molecule has 1 aromatic carbocycles. The van der Waals surface area contributed by atoms with Gasteiger partial charge in [-0.15, -0.1) is 0 Å². The zero-order chi connectivity index (χ0) is 9.68. The lowest BCUT2D eigenvalue weighted by molar-refractivity contribution is -0.122. The average Bonchev–Trinajstić information content (AvgIpc) is 2.04. The molecule has 13 heavy (non-hydrogen) atoms. The summed E-state index contributed by atoms with van der Waals surface area (Å²) in [6, 6.07) is 9.38. The highest BCUT2D eigenvalue weighted by atomic mass is 79.9. The van der Waals surface area contributed by atoms with E-state index in [9.17, 15) is 9.59 Å². The monoisotopic (exact) mass is 240 g/mol. The molecule has 0 spiro atoms. The number of ketones is 1. The molecule has 0 atom stereocenters. The molecule has 0 aliphatic heterocycles. The number of benzene rings is 1. The number of hydrogen-bond acceptors (Lipinski definition) is 2. The minimum Gasteiger partial charge on any atom is -0.299 e. The van der Waals surface area contributed by atoms with E-state index in [-0.39, 0.29) is 16.9 Å².